The monoisotopic (exact) mass is 252 g/mol. The van der Waals surface area contributed by atoms with E-state index in [1.54, 1.807) is 4.90 Å². The van der Waals surface area contributed by atoms with E-state index in [4.69, 9.17) is 5.41 Å². The summed E-state index contributed by atoms with van der Waals surface area (Å²) in [6.45, 7) is 8.58. The van der Waals surface area contributed by atoms with Crippen molar-refractivity contribution in [2.24, 2.45) is 17.3 Å². The van der Waals surface area contributed by atoms with E-state index in [-0.39, 0.29) is 17.4 Å². The molecule has 0 aliphatic carbocycles. The molecule has 1 N–H and O–H groups in total. The number of carbonyl (C=O) groups excluding carboxylic acids is 2. The fraction of sp³-hybridized carbons (Fsp3) is 0.786. The van der Waals surface area contributed by atoms with E-state index in [1.807, 2.05) is 20.8 Å². The molecular formula is C14H24N2O2. The molecule has 0 radical (unpaired) electrons. The van der Waals surface area contributed by atoms with Crippen LogP contribution in [0.15, 0.2) is 0 Å². The van der Waals surface area contributed by atoms with E-state index >= 15 is 0 Å². The fourth-order valence-corrected chi connectivity index (χ4v) is 2.51. The van der Waals surface area contributed by atoms with Crippen molar-refractivity contribution in [1.82, 2.24) is 4.90 Å². The van der Waals surface area contributed by atoms with Crippen LogP contribution in [0.1, 0.15) is 40.5 Å². The van der Waals surface area contributed by atoms with Crippen molar-refractivity contribution in [2.45, 2.75) is 46.6 Å². The summed E-state index contributed by atoms with van der Waals surface area (Å²) in [7, 11) is 0. The van der Waals surface area contributed by atoms with Gasteiger partial charge >= 0.3 is 0 Å². The Kier molecular flexibility index (Phi) is 4.65. The molecule has 0 aromatic carbocycles. The highest BCUT2D eigenvalue weighted by Gasteiger charge is 2.40. The molecule has 102 valence electrons. The number of rotatable bonds is 4. The van der Waals surface area contributed by atoms with Crippen LogP contribution in [0, 0.1) is 22.7 Å². The highest BCUT2D eigenvalue weighted by molar-refractivity contribution is 5.94. The average molecular weight is 252 g/mol. The Balaban J connectivity index is 2.88. The molecule has 1 fully saturated rings. The maximum Gasteiger partial charge on any atom is 0.232 e. The predicted octanol–water partition coefficient (Wildman–Crippen LogP) is 2.12. The Labute approximate surface area is 109 Å². The lowest BCUT2D eigenvalue weighted by Crippen LogP contribution is -2.45. The second kappa shape index (κ2) is 5.63. The van der Waals surface area contributed by atoms with E-state index in [9.17, 15) is 9.59 Å². The lowest BCUT2D eigenvalue weighted by Gasteiger charge is -2.31. The van der Waals surface area contributed by atoms with Crippen LogP contribution in [0.4, 0.5) is 0 Å². The number of aldehydes is 1. The maximum absolute atomic E-state index is 12.5. The number of hydrogen-bond acceptors (Lipinski definition) is 3. The SMILES string of the molecule is CC[C@@H]1C[C@@H](C=O)N(C(=O)[C@@H](C=N)C(C)(C)C)C1. The van der Waals surface area contributed by atoms with Crippen LogP contribution in [0.3, 0.4) is 0 Å². The Hall–Kier alpha value is -1.19. The molecule has 0 unspecified atom stereocenters. The molecule has 1 rings (SSSR count). The number of likely N-dealkylation sites (tertiary alicyclic amines) is 1. The van der Waals surface area contributed by atoms with E-state index in [2.05, 4.69) is 6.92 Å². The Bertz CT molecular complexity index is 333. The summed E-state index contributed by atoms with van der Waals surface area (Å²) in [5, 5.41) is 7.47. The van der Waals surface area contributed by atoms with Gasteiger partial charge in [-0.15, -0.1) is 0 Å². The second-order valence-corrected chi connectivity index (χ2v) is 6.21. The minimum atomic E-state index is -0.449. The van der Waals surface area contributed by atoms with Crippen LogP contribution in [0.2, 0.25) is 0 Å². The first-order chi connectivity index (χ1) is 8.35. The Morgan fingerprint density at radius 2 is 2.11 bits per heavy atom. The number of hydrogen-bond donors (Lipinski definition) is 1. The summed E-state index contributed by atoms with van der Waals surface area (Å²) in [5.74, 6) is -0.114. The second-order valence-electron chi connectivity index (χ2n) is 6.21. The maximum atomic E-state index is 12.5. The number of nitrogens with one attached hydrogen (secondary N) is 1. The summed E-state index contributed by atoms with van der Waals surface area (Å²) in [6, 6.07) is -0.299. The van der Waals surface area contributed by atoms with Crippen molar-refractivity contribution in [3.63, 3.8) is 0 Å². The normalized spacial score (nSPS) is 25.9. The molecule has 1 saturated heterocycles. The van der Waals surface area contributed by atoms with Gasteiger partial charge in [0.1, 0.15) is 6.29 Å². The zero-order valence-corrected chi connectivity index (χ0v) is 11.8. The van der Waals surface area contributed by atoms with Gasteiger partial charge in [-0.25, -0.2) is 0 Å². The largest absolute Gasteiger partial charge is 0.332 e. The van der Waals surface area contributed by atoms with Crippen molar-refractivity contribution in [1.29, 1.82) is 5.41 Å². The van der Waals surface area contributed by atoms with Gasteiger partial charge < -0.3 is 15.1 Å². The summed E-state index contributed by atoms with van der Waals surface area (Å²) >= 11 is 0. The van der Waals surface area contributed by atoms with Crippen LogP contribution in [0.25, 0.3) is 0 Å². The third kappa shape index (κ3) is 2.98. The Morgan fingerprint density at radius 1 is 1.50 bits per heavy atom. The molecule has 1 aliphatic rings. The molecule has 0 bridgehead atoms. The lowest BCUT2D eigenvalue weighted by molar-refractivity contribution is -0.138. The minimum absolute atomic E-state index is 0.0782. The average Bonchev–Trinajstić information content (AvgIpc) is 2.70. The van der Waals surface area contributed by atoms with Crippen LogP contribution in [-0.4, -0.2) is 35.9 Å². The molecule has 1 amide bonds. The minimum Gasteiger partial charge on any atom is -0.332 e. The van der Waals surface area contributed by atoms with E-state index in [0.29, 0.717) is 12.5 Å². The molecule has 0 saturated carbocycles. The van der Waals surface area contributed by atoms with Crippen molar-refractivity contribution in [3.8, 4) is 0 Å². The van der Waals surface area contributed by atoms with Crippen LogP contribution >= 0.6 is 0 Å². The molecule has 4 nitrogen and oxygen atoms in total. The first kappa shape index (κ1) is 14.9. The van der Waals surface area contributed by atoms with Gasteiger partial charge in [-0.1, -0.05) is 34.1 Å². The molecule has 1 aliphatic heterocycles. The Morgan fingerprint density at radius 3 is 2.50 bits per heavy atom. The molecule has 1 heterocycles. The van der Waals surface area contributed by atoms with Gasteiger partial charge in [0.2, 0.25) is 5.91 Å². The molecule has 3 atom stereocenters. The molecular weight excluding hydrogens is 228 g/mol. The zero-order valence-electron chi connectivity index (χ0n) is 11.8. The van der Waals surface area contributed by atoms with Crippen molar-refractivity contribution < 1.29 is 9.59 Å². The van der Waals surface area contributed by atoms with Crippen LogP contribution < -0.4 is 0 Å². The van der Waals surface area contributed by atoms with Gasteiger partial charge in [-0.3, -0.25) is 4.79 Å². The van der Waals surface area contributed by atoms with Crippen molar-refractivity contribution in [2.75, 3.05) is 6.54 Å². The number of amides is 1. The zero-order chi connectivity index (χ0) is 13.9. The van der Waals surface area contributed by atoms with E-state index in [1.165, 1.54) is 6.21 Å². The van der Waals surface area contributed by atoms with Gasteiger partial charge in [0, 0.05) is 12.8 Å². The molecule has 0 aromatic heterocycles. The first-order valence-electron chi connectivity index (χ1n) is 6.61. The topological polar surface area (TPSA) is 61.2 Å². The van der Waals surface area contributed by atoms with Crippen molar-refractivity contribution >= 4 is 18.4 Å². The summed E-state index contributed by atoms with van der Waals surface area (Å²) in [4.78, 5) is 25.2. The lowest BCUT2D eigenvalue weighted by atomic mass is 9.80. The number of nitrogens with zero attached hydrogens (tertiary/aromatic N) is 1. The van der Waals surface area contributed by atoms with Gasteiger partial charge in [0.05, 0.1) is 12.0 Å². The van der Waals surface area contributed by atoms with E-state index in [0.717, 1.165) is 19.1 Å². The van der Waals surface area contributed by atoms with E-state index < -0.39 is 5.92 Å². The third-order valence-corrected chi connectivity index (χ3v) is 3.81. The fourth-order valence-electron chi connectivity index (χ4n) is 2.51. The third-order valence-electron chi connectivity index (χ3n) is 3.81. The highest BCUT2D eigenvalue weighted by Crippen LogP contribution is 2.31. The van der Waals surface area contributed by atoms with Gasteiger partial charge in [0.25, 0.3) is 0 Å². The smallest absolute Gasteiger partial charge is 0.232 e. The summed E-state index contributed by atoms with van der Waals surface area (Å²) in [6.07, 6.45) is 3.83. The quantitative estimate of drug-likeness (QED) is 0.615. The summed E-state index contributed by atoms with van der Waals surface area (Å²) < 4.78 is 0. The van der Waals surface area contributed by atoms with Crippen LogP contribution in [0.5, 0.6) is 0 Å². The molecule has 18 heavy (non-hydrogen) atoms. The molecule has 0 spiro atoms. The molecule has 4 heteroatoms. The highest BCUT2D eigenvalue weighted by atomic mass is 16.2. The predicted molar refractivity (Wildman–Crippen MR) is 71.7 cm³/mol. The molecule has 0 aromatic rings. The van der Waals surface area contributed by atoms with Gasteiger partial charge in [-0.2, -0.15) is 0 Å². The van der Waals surface area contributed by atoms with Crippen molar-refractivity contribution in [3.05, 3.63) is 0 Å². The number of carbonyl (C=O) groups is 2. The summed E-state index contributed by atoms with van der Waals surface area (Å²) in [5.41, 5.74) is -0.281. The van der Waals surface area contributed by atoms with Crippen LogP contribution in [-0.2, 0) is 9.59 Å². The first-order valence-corrected chi connectivity index (χ1v) is 6.61. The van der Waals surface area contributed by atoms with Gasteiger partial charge in [-0.05, 0) is 17.8 Å². The standard InChI is InChI=1S/C14H24N2O2/c1-5-10-6-11(9-17)16(8-10)13(18)12(7-15)14(2,3)4/h7,9-12,15H,5-6,8H2,1-4H3/t10-,11+,12-/m1/s1. The van der Waals surface area contributed by atoms with Gasteiger partial charge in [0.15, 0.2) is 0 Å².